The summed E-state index contributed by atoms with van der Waals surface area (Å²) in [6.45, 7) is 0. The maximum Gasteiger partial charge on any atom is 0.235 e. The first-order valence-electron chi connectivity index (χ1n) is 17.2. The van der Waals surface area contributed by atoms with Crippen molar-refractivity contribution in [3.63, 3.8) is 0 Å². The van der Waals surface area contributed by atoms with Gasteiger partial charge in [-0.1, -0.05) is 133 Å². The van der Waals surface area contributed by atoms with Gasteiger partial charge in [-0.25, -0.2) is 9.97 Å². The Bertz CT molecular complexity index is 3060. The molecule has 0 N–H and O–H groups in total. The molecule has 0 atom stereocenters. The lowest BCUT2D eigenvalue weighted by Gasteiger charge is -2.14. The van der Waals surface area contributed by atoms with Crippen LogP contribution in [0.3, 0.4) is 0 Å². The summed E-state index contributed by atoms with van der Waals surface area (Å²) in [6, 6.07) is 59.3. The van der Waals surface area contributed by atoms with E-state index in [0.717, 1.165) is 93.8 Å². The van der Waals surface area contributed by atoms with Gasteiger partial charge >= 0.3 is 0 Å². The van der Waals surface area contributed by atoms with Crippen molar-refractivity contribution in [2.24, 2.45) is 0 Å². The number of rotatable bonds is 4. The van der Waals surface area contributed by atoms with E-state index in [4.69, 9.17) is 14.4 Å². The summed E-state index contributed by atoms with van der Waals surface area (Å²) in [5.41, 5.74) is 10.8. The highest BCUT2D eigenvalue weighted by Crippen LogP contribution is 2.45. The Hall–Kier alpha value is -6.98. The van der Waals surface area contributed by atoms with Gasteiger partial charge in [-0.2, -0.15) is 0 Å². The van der Waals surface area contributed by atoms with Gasteiger partial charge in [-0.05, 0) is 36.4 Å². The van der Waals surface area contributed by atoms with E-state index in [0.29, 0.717) is 5.95 Å². The average molecular weight is 653 g/mol. The van der Waals surface area contributed by atoms with Crippen LogP contribution in [0.1, 0.15) is 0 Å². The van der Waals surface area contributed by atoms with E-state index < -0.39 is 0 Å². The van der Waals surface area contributed by atoms with Crippen molar-refractivity contribution < 1.29 is 4.42 Å². The van der Waals surface area contributed by atoms with Crippen LogP contribution < -0.4 is 0 Å². The van der Waals surface area contributed by atoms with E-state index in [2.05, 4.69) is 155 Å². The molecule has 238 valence electrons. The molecule has 0 spiro atoms. The molecular weight excluding hydrogens is 625 g/mol. The van der Waals surface area contributed by atoms with Crippen molar-refractivity contribution in [1.82, 2.24) is 19.1 Å². The second kappa shape index (κ2) is 10.8. The van der Waals surface area contributed by atoms with Crippen LogP contribution in [0.5, 0.6) is 0 Å². The van der Waals surface area contributed by atoms with Crippen LogP contribution in [-0.2, 0) is 0 Å². The van der Waals surface area contributed by atoms with Crippen molar-refractivity contribution in [2.45, 2.75) is 0 Å². The molecule has 0 aliphatic rings. The highest BCUT2D eigenvalue weighted by atomic mass is 16.3. The molecule has 7 aromatic carbocycles. The largest absolute Gasteiger partial charge is 0.454 e. The number of nitrogens with zero attached hydrogens (tertiary/aromatic N) is 4. The lowest BCUT2D eigenvalue weighted by atomic mass is 10.1. The maximum absolute atomic E-state index is 6.72. The van der Waals surface area contributed by atoms with Gasteiger partial charge in [0.1, 0.15) is 5.58 Å². The second-order valence-corrected chi connectivity index (χ2v) is 13.0. The van der Waals surface area contributed by atoms with Crippen molar-refractivity contribution in [1.29, 1.82) is 0 Å². The van der Waals surface area contributed by atoms with Gasteiger partial charge in [0.2, 0.25) is 5.95 Å². The van der Waals surface area contributed by atoms with E-state index in [1.807, 2.05) is 24.3 Å². The van der Waals surface area contributed by atoms with Gasteiger partial charge in [-0.15, -0.1) is 0 Å². The molecule has 0 aliphatic carbocycles. The monoisotopic (exact) mass is 652 g/mol. The van der Waals surface area contributed by atoms with Crippen LogP contribution in [0.25, 0.3) is 99.7 Å². The lowest BCUT2D eigenvalue weighted by molar-refractivity contribution is 0.671. The quantitative estimate of drug-likeness (QED) is 0.190. The topological polar surface area (TPSA) is 48.8 Å². The van der Waals surface area contributed by atoms with Gasteiger partial charge in [0.15, 0.2) is 5.58 Å². The lowest BCUT2D eigenvalue weighted by Crippen LogP contribution is -2.05. The summed E-state index contributed by atoms with van der Waals surface area (Å²) in [6.07, 6.45) is 0. The number of para-hydroxylation sites is 3. The van der Waals surface area contributed by atoms with Crippen molar-refractivity contribution in [3.05, 3.63) is 170 Å². The molecule has 11 aromatic rings. The van der Waals surface area contributed by atoms with E-state index in [1.54, 1.807) is 0 Å². The number of hydrogen-bond donors (Lipinski definition) is 0. The first-order valence-corrected chi connectivity index (χ1v) is 17.2. The van der Waals surface area contributed by atoms with Gasteiger partial charge in [0.05, 0.1) is 33.5 Å². The Labute approximate surface area is 292 Å². The summed E-state index contributed by atoms with van der Waals surface area (Å²) >= 11 is 0. The third-order valence-corrected chi connectivity index (χ3v) is 10.1. The zero-order valence-corrected chi connectivity index (χ0v) is 27.4. The maximum atomic E-state index is 6.72. The summed E-state index contributed by atoms with van der Waals surface area (Å²) in [4.78, 5) is 10.7. The second-order valence-electron chi connectivity index (χ2n) is 13.0. The third kappa shape index (κ3) is 4.09. The predicted octanol–water partition coefficient (Wildman–Crippen LogP) is 11.9. The number of hydrogen-bond acceptors (Lipinski definition) is 3. The van der Waals surface area contributed by atoms with Crippen molar-refractivity contribution in [3.8, 4) is 34.2 Å². The van der Waals surface area contributed by atoms with Gasteiger partial charge < -0.3 is 8.98 Å². The predicted molar refractivity (Wildman–Crippen MR) is 209 cm³/mol. The molecule has 0 saturated carbocycles. The Morgan fingerprint density at radius 3 is 1.59 bits per heavy atom. The van der Waals surface area contributed by atoms with E-state index in [1.165, 1.54) is 0 Å². The van der Waals surface area contributed by atoms with E-state index in [9.17, 15) is 0 Å². The fourth-order valence-corrected chi connectivity index (χ4v) is 7.90. The summed E-state index contributed by atoms with van der Waals surface area (Å²) < 4.78 is 11.4. The molecule has 51 heavy (non-hydrogen) atoms. The summed E-state index contributed by atoms with van der Waals surface area (Å²) in [5.74, 6) is 0.618. The molecule has 5 heteroatoms. The van der Waals surface area contributed by atoms with Crippen LogP contribution in [0.4, 0.5) is 0 Å². The van der Waals surface area contributed by atoms with Gasteiger partial charge in [0.25, 0.3) is 0 Å². The third-order valence-electron chi connectivity index (χ3n) is 10.1. The molecule has 0 saturated heterocycles. The molecule has 11 rings (SSSR count). The SMILES string of the molecule is c1ccc(-c2cc(-c3ccccc3)nc(-n3c4ccccc4c4ccc5c6ccc7c8ccccc8oc7c6n(-c6ccccc6)c5c43)n2)cc1. The van der Waals surface area contributed by atoms with E-state index in [-0.39, 0.29) is 0 Å². The Kier molecular flexibility index (Phi) is 5.89. The first-order chi connectivity index (χ1) is 25.3. The van der Waals surface area contributed by atoms with Gasteiger partial charge in [0, 0.05) is 49.1 Å². The highest BCUT2D eigenvalue weighted by molar-refractivity contribution is 6.27. The fraction of sp³-hybridized carbons (Fsp3) is 0. The van der Waals surface area contributed by atoms with Crippen LogP contribution in [0, 0.1) is 0 Å². The molecule has 0 fully saturated rings. The van der Waals surface area contributed by atoms with Crippen LogP contribution >= 0.6 is 0 Å². The molecule has 0 aliphatic heterocycles. The number of benzene rings is 7. The molecule has 0 radical (unpaired) electrons. The van der Waals surface area contributed by atoms with Gasteiger partial charge in [-0.3, -0.25) is 4.57 Å². The Morgan fingerprint density at radius 2 is 0.902 bits per heavy atom. The minimum Gasteiger partial charge on any atom is -0.454 e. The zero-order chi connectivity index (χ0) is 33.5. The molecular formula is C46H28N4O. The van der Waals surface area contributed by atoms with Crippen molar-refractivity contribution in [2.75, 3.05) is 0 Å². The van der Waals surface area contributed by atoms with E-state index >= 15 is 0 Å². The Morgan fingerprint density at radius 1 is 0.392 bits per heavy atom. The zero-order valence-electron chi connectivity index (χ0n) is 27.4. The smallest absolute Gasteiger partial charge is 0.235 e. The summed E-state index contributed by atoms with van der Waals surface area (Å²) in [5, 5.41) is 6.75. The standard InChI is InChI=1S/C46H28N4O/c1-4-14-29(15-5-1)38-28-39(30-16-6-2-7-17-30)48-46(47-38)50-40-22-12-10-20-32(40)34-24-25-35-36-26-27-37-33-21-11-13-23-41(33)51-45(37)44(36)49(42(35)43(34)50)31-18-8-3-9-19-31/h1-28H. The van der Waals surface area contributed by atoms with Crippen molar-refractivity contribution >= 4 is 65.6 Å². The number of furan rings is 1. The van der Waals surface area contributed by atoms with Crippen LogP contribution in [-0.4, -0.2) is 19.1 Å². The normalized spacial score (nSPS) is 11.9. The van der Waals surface area contributed by atoms with Crippen LogP contribution in [0.15, 0.2) is 174 Å². The molecule has 4 aromatic heterocycles. The number of aromatic nitrogens is 4. The first kappa shape index (κ1) is 27.9. The average Bonchev–Trinajstić information content (AvgIpc) is 3.87. The molecule has 0 unspecified atom stereocenters. The summed E-state index contributed by atoms with van der Waals surface area (Å²) in [7, 11) is 0. The minimum absolute atomic E-state index is 0.618. The molecule has 4 heterocycles. The molecule has 0 amide bonds. The Balaban J connectivity index is 1.35. The fourth-order valence-electron chi connectivity index (χ4n) is 7.90. The number of fused-ring (bicyclic) bond motifs is 11. The molecule has 5 nitrogen and oxygen atoms in total. The highest BCUT2D eigenvalue weighted by Gasteiger charge is 2.25. The molecule has 0 bridgehead atoms. The minimum atomic E-state index is 0.618. The van der Waals surface area contributed by atoms with Crippen LogP contribution in [0.2, 0.25) is 0 Å².